The van der Waals surface area contributed by atoms with E-state index in [4.69, 9.17) is 9.15 Å². The summed E-state index contributed by atoms with van der Waals surface area (Å²) in [5.41, 5.74) is 1.04. The van der Waals surface area contributed by atoms with E-state index in [1.807, 2.05) is 30.3 Å². The van der Waals surface area contributed by atoms with Crippen LogP contribution in [0.2, 0.25) is 0 Å². The molecule has 0 aliphatic heterocycles. The predicted octanol–water partition coefficient (Wildman–Crippen LogP) is 3.15. The lowest BCUT2D eigenvalue weighted by atomic mass is 10.2. The van der Waals surface area contributed by atoms with E-state index in [0.29, 0.717) is 17.6 Å². The van der Waals surface area contributed by atoms with Gasteiger partial charge in [-0.2, -0.15) is 0 Å². The molecule has 1 N–H and O–H groups in total. The van der Waals surface area contributed by atoms with E-state index < -0.39 is 5.97 Å². The number of carbonyl (C=O) groups is 1. The third kappa shape index (κ3) is 3.85. The second-order valence-corrected chi connectivity index (χ2v) is 5.51. The Bertz CT molecular complexity index is 829. The third-order valence-corrected chi connectivity index (χ3v) is 3.73. The highest BCUT2D eigenvalue weighted by Crippen LogP contribution is 2.18. The molecular weight excluding hydrogens is 328 g/mol. The Morgan fingerprint density at radius 1 is 1.33 bits per heavy atom. The summed E-state index contributed by atoms with van der Waals surface area (Å²) in [7, 11) is 0. The minimum atomic E-state index is -0.544. The highest BCUT2D eigenvalue weighted by Gasteiger charge is 2.15. The molecule has 0 amide bonds. The number of rotatable bonds is 7. The molecule has 0 spiro atoms. The number of nitrogens with zero attached hydrogens (tertiary/aromatic N) is 3. The van der Waals surface area contributed by atoms with Crippen LogP contribution in [0.5, 0.6) is 0 Å². The molecule has 0 bridgehead atoms. The lowest BCUT2D eigenvalue weighted by Gasteiger charge is -1.99. The maximum absolute atomic E-state index is 12.0. The number of anilines is 1. The summed E-state index contributed by atoms with van der Waals surface area (Å²) in [6.45, 7) is 4.07. The summed E-state index contributed by atoms with van der Waals surface area (Å²) < 4.78 is 10.6. The maximum atomic E-state index is 12.0. The smallest absolute Gasteiger partial charge is 0.358 e. The molecule has 3 aromatic rings. The standard InChI is InChI=1S/C16H14N4O3S/c1-2-8-17-16-18-12(10-24-16)15(21)22-9-13-19-20-14(23-13)11-6-4-3-5-7-11/h2-7,10H,1,8-9H2,(H,17,18). The van der Waals surface area contributed by atoms with Crippen molar-refractivity contribution in [3.05, 3.63) is 60.0 Å². The molecule has 24 heavy (non-hydrogen) atoms. The van der Waals surface area contributed by atoms with Crippen LogP contribution in [-0.2, 0) is 11.3 Å². The van der Waals surface area contributed by atoms with Gasteiger partial charge < -0.3 is 14.5 Å². The number of esters is 1. The van der Waals surface area contributed by atoms with Gasteiger partial charge in [0.1, 0.15) is 0 Å². The fraction of sp³-hybridized carbons (Fsp3) is 0.125. The SMILES string of the molecule is C=CCNc1nc(C(=O)OCc2nnc(-c3ccccc3)o2)cs1. The van der Waals surface area contributed by atoms with Crippen LogP contribution in [0.25, 0.3) is 11.5 Å². The van der Waals surface area contributed by atoms with Gasteiger partial charge in [-0.3, -0.25) is 0 Å². The Balaban J connectivity index is 1.57. The van der Waals surface area contributed by atoms with Gasteiger partial charge in [0.15, 0.2) is 17.4 Å². The van der Waals surface area contributed by atoms with Crippen LogP contribution in [0.3, 0.4) is 0 Å². The number of thiazole rings is 1. The number of ether oxygens (including phenoxy) is 1. The van der Waals surface area contributed by atoms with Crippen molar-refractivity contribution in [1.29, 1.82) is 0 Å². The summed E-state index contributed by atoms with van der Waals surface area (Å²) in [4.78, 5) is 16.1. The first kappa shape index (κ1) is 15.9. The molecule has 0 saturated heterocycles. The van der Waals surface area contributed by atoms with E-state index in [9.17, 15) is 4.79 Å². The Kier molecular flexibility index (Phi) is 4.97. The fourth-order valence-electron chi connectivity index (χ4n) is 1.82. The molecule has 0 atom stereocenters. The van der Waals surface area contributed by atoms with E-state index >= 15 is 0 Å². The monoisotopic (exact) mass is 342 g/mol. The van der Waals surface area contributed by atoms with E-state index in [1.54, 1.807) is 11.5 Å². The molecule has 3 rings (SSSR count). The molecule has 7 nitrogen and oxygen atoms in total. The zero-order chi connectivity index (χ0) is 16.8. The Labute approximate surface area is 142 Å². The number of hydrogen-bond acceptors (Lipinski definition) is 8. The number of hydrogen-bond donors (Lipinski definition) is 1. The van der Waals surface area contributed by atoms with Crippen molar-refractivity contribution < 1.29 is 13.9 Å². The van der Waals surface area contributed by atoms with Crippen LogP contribution in [0.4, 0.5) is 5.13 Å². The quantitative estimate of drug-likeness (QED) is 0.521. The van der Waals surface area contributed by atoms with Crippen molar-refractivity contribution in [2.45, 2.75) is 6.61 Å². The molecule has 122 valence electrons. The molecule has 2 aromatic heterocycles. The minimum absolute atomic E-state index is 0.106. The van der Waals surface area contributed by atoms with Gasteiger partial charge >= 0.3 is 5.97 Å². The molecule has 1 aromatic carbocycles. The zero-order valence-electron chi connectivity index (χ0n) is 12.6. The van der Waals surface area contributed by atoms with Crippen molar-refractivity contribution in [3.63, 3.8) is 0 Å². The van der Waals surface area contributed by atoms with E-state index in [-0.39, 0.29) is 18.2 Å². The average Bonchev–Trinajstić information content (AvgIpc) is 3.28. The van der Waals surface area contributed by atoms with Crippen LogP contribution >= 0.6 is 11.3 Å². The summed E-state index contributed by atoms with van der Waals surface area (Å²) in [6, 6.07) is 9.36. The van der Waals surface area contributed by atoms with Crippen LogP contribution in [0.15, 0.2) is 52.8 Å². The van der Waals surface area contributed by atoms with Crippen molar-refractivity contribution in [3.8, 4) is 11.5 Å². The van der Waals surface area contributed by atoms with Crippen LogP contribution in [0, 0.1) is 0 Å². The summed E-state index contributed by atoms with van der Waals surface area (Å²) in [6.07, 6.45) is 1.71. The first-order valence-electron chi connectivity index (χ1n) is 7.11. The zero-order valence-corrected chi connectivity index (χ0v) is 13.5. The number of nitrogens with one attached hydrogen (secondary N) is 1. The van der Waals surface area contributed by atoms with Crippen molar-refractivity contribution >= 4 is 22.4 Å². The number of benzene rings is 1. The summed E-state index contributed by atoms with van der Waals surface area (Å²) in [5.74, 6) is 0.0611. The predicted molar refractivity (Wildman–Crippen MR) is 89.7 cm³/mol. The Morgan fingerprint density at radius 3 is 2.96 bits per heavy atom. The molecule has 0 aliphatic rings. The van der Waals surface area contributed by atoms with Gasteiger partial charge in [0.2, 0.25) is 5.89 Å². The van der Waals surface area contributed by atoms with Crippen molar-refractivity contribution in [2.75, 3.05) is 11.9 Å². The van der Waals surface area contributed by atoms with Gasteiger partial charge in [0.05, 0.1) is 0 Å². The highest BCUT2D eigenvalue weighted by atomic mass is 32.1. The fourth-order valence-corrected chi connectivity index (χ4v) is 2.51. The Hall–Kier alpha value is -3.00. The first-order chi connectivity index (χ1) is 11.8. The normalized spacial score (nSPS) is 10.3. The van der Waals surface area contributed by atoms with Gasteiger partial charge in [-0.1, -0.05) is 24.3 Å². The lowest BCUT2D eigenvalue weighted by molar-refractivity contribution is 0.0433. The van der Waals surface area contributed by atoms with Gasteiger partial charge in [-0.05, 0) is 12.1 Å². The maximum Gasteiger partial charge on any atom is 0.358 e. The minimum Gasteiger partial charge on any atom is -0.451 e. The van der Waals surface area contributed by atoms with E-state index in [2.05, 4.69) is 27.1 Å². The molecule has 2 heterocycles. The molecule has 0 unspecified atom stereocenters. The van der Waals surface area contributed by atoms with Crippen LogP contribution in [0.1, 0.15) is 16.4 Å². The summed E-state index contributed by atoms with van der Waals surface area (Å²) in [5, 5.41) is 13.1. The molecular formula is C16H14N4O3S. The van der Waals surface area contributed by atoms with E-state index in [1.165, 1.54) is 11.3 Å². The average molecular weight is 342 g/mol. The van der Waals surface area contributed by atoms with Gasteiger partial charge in [0, 0.05) is 17.5 Å². The van der Waals surface area contributed by atoms with Crippen molar-refractivity contribution in [2.24, 2.45) is 0 Å². The molecule has 0 radical (unpaired) electrons. The molecule has 8 heteroatoms. The largest absolute Gasteiger partial charge is 0.451 e. The second-order valence-electron chi connectivity index (χ2n) is 4.65. The molecule has 0 fully saturated rings. The van der Waals surface area contributed by atoms with Gasteiger partial charge in [-0.15, -0.1) is 28.1 Å². The number of carbonyl (C=O) groups excluding carboxylic acids is 1. The second kappa shape index (κ2) is 7.51. The number of aromatic nitrogens is 3. The molecule has 0 aliphatic carbocycles. The summed E-state index contributed by atoms with van der Waals surface area (Å²) >= 11 is 1.32. The molecule has 0 saturated carbocycles. The van der Waals surface area contributed by atoms with Gasteiger partial charge in [-0.25, -0.2) is 9.78 Å². The van der Waals surface area contributed by atoms with Crippen LogP contribution in [-0.4, -0.2) is 27.7 Å². The third-order valence-electron chi connectivity index (χ3n) is 2.93. The van der Waals surface area contributed by atoms with Gasteiger partial charge in [0.25, 0.3) is 5.89 Å². The first-order valence-corrected chi connectivity index (χ1v) is 7.99. The van der Waals surface area contributed by atoms with Crippen molar-refractivity contribution in [1.82, 2.24) is 15.2 Å². The van der Waals surface area contributed by atoms with E-state index in [0.717, 1.165) is 5.56 Å². The van der Waals surface area contributed by atoms with Crippen LogP contribution < -0.4 is 5.32 Å². The lowest BCUT2D eigenvalue weighted by Crippen LogP contribution is -2.06. The highest BCUT2D eigenvalue weighted by molar-refractivity contribution is 7.13. The topological polar surface area (TPSA) is 90.1 Å². The Morgan fingerprint density at radius 2 is 2.17 bits per heavy atom.